The van der Waals surface area contributed by atoms with Crippen LogP contribution >= 0.6 is 0 Å². The fraction of sp³-hybridized carbons (Fsp3) is 0.727. The summed E-state index contributed by atoms with van der Waals surface area (Å²) in [7, 11) is 0. The summed E-state index contributed by atoms with van der Waals surface area (Å²) in [6.45, 7) is 2.69. The van der Waals surface area contributed by atoms with Gasteiger partial charge in [0.05, 0.1) is 0 Å². The highest BCUT2D eigenvalue weighted by molar-refractivity contribution is 5.90. The summed E-state index contributed by atoms with van der Waals surface area (Å²) in [4.78, 5) is 18.0. The number of nitrogens with one attached hydrogen (secondary N) is 1. The fourth-order valence-electron chi connectivity index (χ4n) is 2.47. The van der Waals surface area contributed by atoms with Crippen molar-refractivity contribution in [2.45, 2.75) is 45.1 Å². The summed E-state index contributed by atoms with van der Waals surface area (Å²) in [5.74, 6) is 0.270. The van der Waals surface area contributed by atoms with Crippen LogP contribution in [0.1, 0.15) is 49.6 Å². The Bertz CT molecular complexity index is 383. The number of hydrogen-bond acceptors (Lipinski definition) is 4. The van der Waals surface area contributed by atoms with E-state index in [9.17, 15) is 4.79 Å². The van der Waals surface area contributed by atoms with E-state index in [1.165, 1.54) is 19.3 Å². The lowest BCUT2D eigenvalue weighted by Gasteiger charge is -2.32. The molecule has 1 aromatic rings. The van der Waals surface area contributed by atoms with Crippen molar-refractivity contribution in [2.75, 3.05) is 12.3 Å². The van der Waals surface area contributed by atoms with Gasteiger partial charge in [-0.2, -0.15) is 4.98 Å². The molecule has 1 heterocycles. The van der Waals surface area contributed by atoms with Gasteiger partial charge in [-0.15, -0.1) is 5.10 Å². The molecule has 1 aliphatic carbocycles. The van der Waals surface area contributed by atoms with Gasteiger partial charge < -0.3 is 10.6 Å². The molecule has 0 bridgehead atoms. The lowest BCUT2D eigenvalue weighted by atomic mass is 9.94. The average molecular weight is 237 g/mol. The largest absolute Gasteiger partial charge is 0.366 e. The van der Waals surface area contributed by atoms with Gasteiger partial charge in [-0.05, 0) is 19.8 Å². The van der Waals surface area contributed by atoms with Gasteiger partial charge in [0.25, 0.3) is 5.91 Å². The zero-order valence-electron chi connectivity index (χ0n) is 10.1. The topological polar surface area (TPSA) is 87.9 Å². The second-order valence-corrected chi connectivity index (χ2v) is 4.43. The summed E-state index contributed by atoms with van der Waals surface area (Å²) in [6.07, 6.45) is 5.85. The molecule has 6 heteroatoms. The Balaban J connectivity index is 2.09. The number of hydrogen-bond donors (Lipinski definition) is 2. The van der Waals surface area contributed by atoms with E-state index in [2.05, 4.69) is 15.2 Å². The molecule has 6 nitrogen and oxygen atoms in total. The first-order chi connectivity index (χ1) is 8.22. The minimum absolute atomic E-state index is 0.0939. The van der Waals surface area contributed by atoms with Gasteiger partial charge in [0.1, 0.15) is 0 Å². The number of rotatable bonds is 3. The summed E-state index contributed by atoms with van der Waals surface area (Å²) < 4.78 is 0. The van der Waals surface area contributed by atoms with Crippen molar-refractivity contribution >= 4 is 11.9 Å². The molecule has 1 aromatic heterocycles. The number of nitrogen functional groups attached to an aromatic ring is 1. The molecule has 1 saturated carbocycles. The molecule has 1 amide bonds. The minimum Gasteiger partial charge on any atom is -0.366 e. The normalized spacial score (nSPS) is 17.0. The number of nitrogens with zero attached hydrogens (tertiary/aromatic N) is 3. The zero-order valence-corrected chi connectivity index (χ0v) is 10.1. The number of anilines is 1. The van der Waals surface area contributed by atoms with Crippen molar-refractivity contribution in [3.8, 4) is 0 Å². The molecule has 0 aliphatic heterocycles. The Morgan fingerprint density at radius 1 is 1.47 bits per heavy atom. The van der Waals surface area contributed by atoms with Crippen LogP contribution in [0.3, 0.4) is 0 Å². The first kappa shape index (κ1) is 11.9. The van der Waals surface area contributed by atoms with E-state index in [0.717, 1.165) is 12.8 Å². The minimum atomic E-state index is -0.0939. The van der Waals surface area contributed by atoms with Gasteiger partial charge in [0, 0.05) is 12.6 Å². The third-order valence-electron chi connectivity index (χ3n) is 3.32. The maximum Gasteiger partial charge on any atom is 0.291 e. The van der Waals surface area contributed by atoms with Crippen LogP contribution in [0.2, 0.25) is 0 Å². The molecule has 0 radical (unpaired) electrons. The number of aromatic nitrogens is 3. The lowest BCUT2D eigenvalue weighted by Crippen LogP contribution is -2.41. The van der Waals surface area contributed by atoms with Gasteiger partial charge in [-0.25, -0.2) is 0 Å². The van der Waals surface area contributed by atoms with Crippen LogP contribution in [-0.2, 0) is 0 Å². The van der Waals surface area contributed by atoms with Crippen molar-refractivity contribution in [3.63, 3.8) is 0 Å². The van der Waals surface area contributed by atoms with Gasteiger partial charge in [-0.1, -0.05) is 19.3 Å². The lowest BCUT2D eigenvalue weighted by molar-refractivity contribution is 0.0636. The molecule has 0 unspecified atom stereocenters. The monoisotopic (exact) mass is 237 g/mol. The van der Waals surface area contributed by atoms with Crippen LogP contribution in [0.25, 0.3) is 0 Å². The number of carbonyl (C=O) groups excluding carboxylic acids is 1. The van der Waals surface area contributed by atoms with E-state index in [1.807, 2.05) is 11.8 Å². The molecule has 0 spiro atoms. The summed E-state index contributed by atoms with van der Waals surface area (Å²) in [5.41, 5.74) is 5.41. The molecule has 1 aliphatic rings. The van der Waals surface area contributed by atoms with Crippen molar-refractivity contribution in [2.24, 2.45) is 0 Å². The standard InChI is InChI=1S/C11H19N5O/c1-2-16(8-6-4-3-5-7-8)10(17)9-13-11(12)15-14-9/h8H,2-7H2,1H3,(H3,12,13,14,15). The number of aromatic amines is 1. The summed E-state index contributed by atoms with van der Waals surface area (Å²) in [6, 6.07) is 0.340. The Morgan fingerprint density at radius 3 is 2.71 bits per heavy atom. The van der Waals surface area contributed by atoms with Crippen LogP contribution in [0.15, 0.2) is 0 Å². The van der Waals surface area contributed by atoms with E-state index in [0.29, 0.717) is 12.6 Å². The highest BCUT2D eigenvalue weighted by Gasteiger charge is 2.26. The van der Waals surface area contributed by atoms with Gasteiger partial charge in [-0.3, -0.25) is 9.89 Å². The predicted octanol–water partition coefficient (Wildman–Crippen LogP) is 1.18. The molecule has 0 atom stereocenters. The second kappa shape index (κ2) is 5.16. The van der Waals surface area contributed by atoms with Gasteiger partial charge in [0.15, 0.2) is 0 Å². The van der Waals surface area contributed by atoms with E-state index >= 15 is 0 Å². The number of H-pyrrole nitrogens is 1. The highest BCUT2D eigenvalue weighted by atomic mass is 16.2. The maximum atomic E-state index is 12.2. The summed E-state index contributed by atoms with van der Waals surface area (Å²) >= 11 is 0. The second-order valence-electron chi connectivity index (χ2n) is 4.43. The van der Waals surface area contributed by atoms with Gasteiger partial charge >= 0.3 is 0 Å². The first-order valence-corrected chi connectivity index (χ1v) is 6.21. The Labute approximate surface area is 101 Å². The van der Waals surface area contributed by atoms with Crippen LogP contribution in [-0.4, -0.2) is 38.6 Å². The molecule has 17 heavy (non-hydrogen) atoms. The molecule has 3 N–H and O–H groups in total. The quantitative estimate of drug-likeness (QED) is 0.826. The third-order valence-corrected chi connectivity index (χ3v) is 3.32. The molecule has 0 saturated heterocycles. The summed E-state index contributed by atoms with van der Waals surface area (Å²) in [5, 5.41) is 6.28. The SMILES string of the molecule is CCN(C(=O)c1nc(N)n[nH]1)C1CCCCC1. The van der Waals surface area contributed by atoms with Crippen LogP contribution < -0.4 is 5.73 Å². The van der Waals surface area contributed by atoms with Crippen LogP contribution in [0.4, 0.5) is 5.95 Å². The van der Waals surface area contributed by atoms with Crippen LogP contribution in [0, 0.1) is 0 Å². The number of nitrogens with two attached hydrogens (primary N) is 1. The predicted molar refractivity (Wildman–Crippen MR) is 64.4 cm³/mol. The zero-order chi connectivity index (χ0) is 12.3. The molecular formula is C11H19N5O. The van der Waals surface area contributed by atoms with Crippen LogP contribution in [0.5, 0.6) is 0 Å². The number of amides is 1. The smallest absolute Gasteiger partial charge is 0.291 e. The van der Waals surface area contributed by atoms with Crippen molar-refractivity contribution in [1.82, 2.24) is 20.1 Å². The van der Waals surface area contributed by atoms with Crippen molar-refractivity contribution in [1.29, 1.82) is 0 Å². The van der Waals surface area contributed by atoms with E-state index in [4.69, 9.17) is 5.73 Å². The van der Waals surface area contributed by atoms with Crippen molar-refractivity contribution < 1.29 is 4.79 Å². The molecule has 94 valence electrons. The maximum absolute atomic E-state index is 12.2. The first-order valence-electron chi connectivity index (χ1n) is 6.21. The number of carbonyl (C=O) groups is 1. The highest BCUT2D eigenvalue weighted by Crippen LogP contribution is 2.23. The molecule has 1 fully saturated rings. The van der Waals surface area contributed by atoms with Gasteiger partial charge in [0.2, 0.25) is 11.8 Å². The fourth-order valence-corrected chi connectivity index (χ4v) is 2.47. The third kappa shape index (κ3) is 2.57. The Hall–Kier alpha value is -1.59. The Morgan fingerprint density at radius 2 is 2.18 bits per heavy atom. The van der Waals surface area contributed by atoms with E-state index in [-0.39, 0.29) is 17.7 Å². The molecular weight excluding hydrogens is 218 g/mol. The van der Waals surface area contributed by atoms with E-state index < -0.39 is 0 Å². The molecule has 2 rings (SSSR count). The molecule has 0 aromatic carbocycles. The van der Waals surface area contributed by atoms with E-state index in [1.54, 1.807) is 0 Å². The Kier molecular flexibility index (Phi) is 3.61. The van der Waals surface area contributed by atoms with Crippen molar-refractivity contribution in [3.05, 3.63) is 5.82 Å². The average Bonchev–Trinajstić information content (AvgIpc) is 2.78.